The highest BCUT2D eigenvalue weighted by Crippen LogP contribution is 2.20. The lowest BCUT2D eigenvalue weighted by Gasteiger charge is -2.12. The largest absolute Gasteiger partial charge is 0.465 e. The van der Waals surface area contributed by atoms with Gasteiger partial charge in [0.2, 0.25) is 0 Å². The molecule has 0 aliphatic heterocycles. The predicted molar refractivity (Wildman–Crippen MR) is 59.6 cm³/mol. The lowest BCUT2D eigenvalue weighted by Crippen LogP contribution is -2.13. The number of benzene rings is 1. The van der Waals surface area contributed by atoms with Crippen LogP contribution in [0.4, 0.5) is 0 Å². The van der Waals surface area contributed by atoms with Crippen molar-refractivity contribution in [3.05, 3.63) is 40.8 Å². The summed E-state index contributed by atoms with van der Waals surface area (Å²) in [5, 5.41) is 0.858. The van der Waals surface area contributed by atoms with E-state index in [1.165, 1.54) is 6.07 Å². The molecule has 2 aromatic rings. The van der Waals surface area contributed by atoms with Gasteiger partial charge in [-0.3, -0.25) is 0 Å². The zero-order valence-electron chi connectivity index (χ0n) is 9.10. The summed E-state index contributed by atoms with van der Waals surface area (Å²) in [6.45, 7) is 1.78. The molecule has 84 valence electrons. The third-order valence-electron chi connectivity index (χ3n) is 2.23. The maximum atomic E-state index is 11.0. The smallest absolute Gasteiger partial charge is 0.336 e. The molecule has 0 N–H and O–H groups in total. The van der Waals surface area contributed by atoms with E-state index in [2.05, 4.69) is 0 Å². The van der Waals surface area contributed by atoms with Gasteiger partial charge in [-0.25, -0.2) is 4.79 Å². The molecule has 0 aliphatic rings. The average Bonchev–Trinajstić information content (AvgIpc) is 2.28. The van der Waals surface area contributed by atoms with Gasteiger partial charge in [0.25, 0.3) is 0 Å². The molecule has 0 saturated heterocycles. The van der Waals surface area contributed by atoms with Gasteiger partial charge in [0, 0.05) is 24.6 Å². The van der Waals surface area contributed by atoms with E-state index in [-0.39, 0.29) is 11.9 Å². The Balaban J connectivity index is 2.39. The first-order valence-corrected chi connectivity index (χ1v) is 4.92. The molecule has 0 bridgehead atoms. The van der Waals surface area contributed by atoms with Gasteiger partial charge in [0.1, 0.15) is 11.3 Å². The van der Waals surface area contributed by atoms with Crippen LogP contribution in [-0.2, 0) is 4.74 Å². The van der Waals surface area contributed by atoms with Crippen molar-refractivity contribution in [3.63, 3.8) is 0 Å². The summed E-state index contributed by atoms with van der Waals surface area (Å²) in [4.78, 5) is 11.0. The fourth-order valence-corrected chi connectivity index (χ4v) is 1.35. The zero-order chi connectivity index (χ0) is 11.5. The van der Waals surface area contributed by atoms with Gasteiger partial charge in [-0.2, -0.15) is 0 Å². The van der Waals surface area contributed by atoms with E-state index in [0.717, 1.165) is 5.39 Å². The fourth-order valence-electron chi connectivity index (χ4n) is 1.35. The van der Waals surface area contributed by atoms with E-state index in [1.54, 1.807) is 32.2 Å². The monoisotopic (exact) mass is 220 g/mol. The Hall–Kier alpha value is -1.81. The molecule has 0 radical (unpaired) electrons. The van der Waals surface area contributed by atoms with Crippen LogP contribution in [-0.4, -0.2) is 13.4 Å². The third kappa shape index (κ3) is 2.23. The number of rotatable bonds is 3. The summed E-state index contributed by atoms with van der Waals surface area (Å²) >= 11 is 0. The summed E-state index contributed by atoms with van der Waals surface area (Å²) in [7, 11) is 1.56. The number of methoxy groups -OCH3 is 1. The quantitative estimate of drug-likeness (QED) is 0.587. The molecule has 1 atom stereocenters. The van der Waals surface area contributed by atoms with E-state index in [9.17, 15) is 4.79 Å². The van der Waals surface area contributed by atoms with Crippen LogP contribution in [0.15, 0.2) is 39.5 Å². The Kier molecular flexibility index (Phi) is 2.92. The maximum Gasteiger partial charge on any atom is 0.336 e. The SMILES string of the molecule is COC(C)Oc1ccc2ccc(=O)oc2c1. The lowest BCUT2D eigenvalue weighted by molar-refractivity contribution is -0.0382. The van der Waals surface area contributed by atoms with Crippen molar-refractivity contribution < 1.29 is 13.9 Å². The van der Waals surface area contributed by atoms with Gasteiger partial charge in [-0.15, -0.1) is 0 Å². The normalized spacial score (nSPS) is 12.6. The minimum absolute atomic E-state index is 0.340. The van der Waals surface area contributed by atoms with Crippen molar-refractivity contribution in [1.29, 1.82) is 0 Å². The summed E-state index contributed by atoms with van der Waals surface area (Å²) < 4.78 is 15.4. The van der Waals surface area contributed by atoms with Crippen molar-refractivity contribution in [2.45, 2.75) is 13.2 Å². The van der Waals surface area contributed by atoms with Crippen LogP contribution in [0.25, 0.3) is 11.0 Å². The first-order chi connectivity index (χ1) is 7.69. The van der Waals surface area contributed by atoms with E-state index >= 15 is 0 Å². The molecule has 2 rings (SSSR count). The Morgan fingerprint density at radius 2 is 2.00 bits per heavy atom. The molecule has 4 nitrogen and oxygen atoms in total. The standard InChI is InChI=1S/C12H12O4/c1-8(14-2)15-10-5-3-9-4-6-12(13)16-11(9)7-10/h3-8H,1-2H3. The van der Waals surface area contributed by atoms with Gasteiger partial charge in [0.15, 0.2) is 6.29 Å². The van der Waals surface area contributed by atoms with Gasteiger partial charge in [-0.05, 0) is 25.1 Å². The van der Waals surface area contributed by atoms with E-state index in [0.29, 0.717) is 11.3 Å². The molecular formula is C12H12O4. The van der Waals surface area contributed by atoms with Gasteiger partial charge >= 0.3 is 5.63 Å². The van der Waals surface area contributed by atoms with Crippen LogP contribution in [0.5, 0.6) is 5.75 Å². The summed E-state index contributed by atoms with van der Waals surface area (Å²) in [6.07, 6.45) is -0.340. The van der Waals surface area contributed by atoms with Crippen molar-refractivity contribution in [1.82, 2.24) is 0 Å². The molecule has 0 aliphatic carbocycles. The Morgan fingerprint density at radius 3 is 2.75 bits per heavy atom. The van der Waals surface area contributed by atoms with Crippen molar-refractivity contribution in [2.24, 2.45) is 0 Å². The van der Waals surface area contributed by atoms with E-state index in [4.69, 9.17) is 13.9 Å². The van der Waals surface area contributed by atoms with E-state index < -0.39 is 0 Å². The number of ether oxygens (including phenoxy) is 2. The average molecular weight is 220 g/mol. The second kappa shape index (κ2) is 4.37. The molecule has 1 aromatic carbocycles. The highest BCUT2D eigenvalue weighted by atomic mass is 16.7. The van der Waals surface area contributed by atoms with Crippen LogP contribution < -0.4 is 10.4 Å². The predicted octanol–water partition coefficient (Wildman–Crippen LogP) is 2.16. The second-order valence-electron chi connectivity index (χ2n) is 3.38. The number of hydrogen-bond acceptors (Lipinski definition) is 4. The first kappa shape index (κ1) is 10.7. The lowest BCUT2D eigenvalue weighted by atomic mass is 10.2. The van der Waals surface area contributed by atoms with Crippen LogP contribution in [0.3, 0.4) is 0 Å². The second-order valence-corrected chi connectivity index (χ2v) is 3.38. The molecule has 1 aromatic heterocycles. The molecule has 0 saturated carbocycles. The van der Waals surface area contributed by atoms with Crippen LogP contribution >= 0.6 is 0 Å². The Labute approximate surface area is 92.4 Å². The highest BCUT2D eigenvalue weighted by molar-refractivity contribution is 5.77. The molecule has 1 unspecified atom stereocenters. The number of fused-ring (bicyclic) bond motifs is 1. The fraction of sp³-hybridized carbons (Fsp3) is 0.250. The van der Waals surface area contributed by atoms with Gasteiger partial charge < -0.3 is 13.9 Å². The van der Waals surface area contributed by atoms with Crippen molar-refractivity contribution >= 4 is 11.0 Å². The molecule has 4 heteroatoms. The number of hydrogen-bond donors (Lipinski definition) is 0. The topological polar surface area (TPSA) is 48.7 Å². The van der Waals surface area contributed by atoms with Crippen LogP contribution in [0.2, 0.25) is 0 Å². The van der Waals surface area contributed by atoms with E-state index in [1.807, 2.05) is 6.07 Å². The minimum atomic E-state index is -0.371. The third-order valence-corrected chi connectivity index (χ3v) is 2.23. The summed E-state index contributed by atoms with van der Waals surface area (Å²) in [5.41, 5.74) is 0.137. The van der Waals surface area contributed by atoms with Crippen LogP contribution in [0.1, 0.15) is 6.92 Å². The summed E-state index contributed by atoms with van der Waals surface area (Å²) in [6, 6.07) is 8.41. The molecule has 0 amide bonds. The molecule has 16 heavy (non-hydrogen) atoms. The van der Waals surface area contributed by atoms with Crippen molar-refractivity contribution in [2.75, 3.05) is 7.11 Å². The molecule has 0 spiro atoms. The minimum Gasteiger partial charge on any atom is -0.465 e. The maximum absolute atomic E-state index is 11.0. The first-order valence-electron chi connectivity index (χ1n) is 4.92. The molecular weight excluding hydrogens is 208 g/mol. The van der Waals surface area contributed by atoms with Gasteiger partial charge in [-0.1, -0.05) is 0 Å². The summed E-state index contributed by atoms with van der Waals surface area (Å²) in [5.74, 6) is 0.608. The molecule has 0 fully saturated rings. The molecule has 1 heterocycles. The zero-order valence-corrected chi connectivity index (χ0v) is 9.10. The Morgan fingerprint density at radius 1 is 1.25 bits per heavy atom. The van der Waals surface area contributed by atoms with Crippen LogP contribution in [0, 0.1) is 0 Å². The van der Waals surface area contributed by atoms with Gasteiger partial charge in [0.05, 0.1) is 0 Å². The van der Waals surface area contributed by atoms with Crippen molar-refractivity contribution in [3.8, 4) is 5.75 Å². The Bertz CT molecular complexity index is 544. The highest BCUT2D eigenvalue weighted by Gasteiger charge is 2.03.